The van der Waals surface area contributed by atoms with Gasteiger partial charge in [-0.2, -0.15) is 4.39 Å². The molecule has 2 aromatic carbocycles. The summed E-state index contributed by atoms with van der Waals surface area (Å²) in [6, 6.07) is 7.59. The molecule has 0 bridgehead atoms. The van der Waals surface area contributed by atoms with E-state index >= 15 is 0 Å². The molecule has 0 saturated heterocycles. The van der Waals surface area contributed by atoms with Crippen LogP contribution in [0.4, 0.5) is 25.8 Å². The molecule has 0 heterocycles. The first-order valence-corrected chi connectivity index (χ1v) is 7.44. The number of benzene rings is 2. The maximum Gasteiger partial charge on any atom is 0.337 e. The number of anilines is 2. The molecular formula is C15H11F2IN2O3. The summed E-state index contributed by atoms with van der Waals surface area (Å²) >= 11 is 2.10. The Labute approximate surface area is 144 Å². The molecule has 0 radical (unpaired) electrons. The average molecular weight is 432 g/mol. The van der Waals surface area contributed by atoms with Crippen LogP contribution in [0.2, 0.25) is 0 Å². The Morgan fingerprint density at radius 1 is 1.35 bits per heavy atom. The van der Waals surface area contributed by atoms with E-state index in [4.69, 9.17) is 4.74 Å². The Morgan fingerprint density at radius 2 is 2.00 bits per heavy atom. The molecule has 5 nitrogen and oxygen atoms in total. The van der Waals surface area contributed by atoms with Gasteiger partial charge in [0, 0.05) is 15.3 Å². The minimum Gasteiger partial charge on any atom is -0.480 e. The molecule has 0 aliphatic carbocycles. The van der Waals surface area contributed by atoms with Crippen LogP contribution in [-0.2, 0) is 0 Å². The predicted octanol–water partition coefficient (Wildman–Crippen LogP) is 4.79. The molecule has 0 unspecified atom stereocenters. The van der Waals surface area contributed by atoms with Gasteiger partial charge in [-0.05, 0) is 46.9 Å². The number of nitro benzene ring substituents is 1. The Kier molecular flexibility index (Phi) is 5.48. The zero-order valence-electron chi connectivity index (χ0n) is 11.7. The van der Waals surface area contributed by atoms with Crippen LogP contribution in [0.1, 0.15) is 0 Å². The van der Waals surface area contributed by atoms with E-state index in [9.17, 15) is 18.9 Å². The van der Waals surface area contributed by atoms with Crippen molar-refractivity contribution in [2.45, 2.75) is 0 Å². The van der Waals surface area contributed by atoms with Crippen molar-refractivity contribution in [1.82, 2.24) is 0 Å². The molecule has 0 amide bonds. The molecule has 0 spiro atoms. The van der Waals surface area contributed by atoms with Crippen LogP contribution in [0, 0.1) is 25.3 Å². The van der Waals surface area contributed by atoms with Gasteiger partial charge in [0.15, 0.2) is 5.82 Å². The zero-order valence-corrected chi connectivity index (χ0v) is 13.8. The maximum atomic E-state index is 13.9. The Bertz CT molecular complexity index is 751. The standard InChI is InChI=1S/C15H11F2IN2O3/c1-2-7-23-15-13(17)11(16)8-12(14(15)20(21)22)19-10-5-3-9(18)4-6-10/h2-6,8,19H,1,7H2. The summed E-state index contributed by atoms with van der Waals surface area (Å²) in [5.74, 6) is -3.42. The number of nitro groups is 1. The van der Waals surface area contributed by atoms with Crippen molar-refractivity contribution < 1.29 is 18.4 Å². The van der Waals surface area contributed by atoms with Gasteiger partial charge in [0.2, 0.25) is 11.6 Å². The molecular weight excluding hydrogens is 421 g/mol. The highest BCUT2D eigenvalue weighted by molar-refractivity contribution is 14.1. The van der Waals surface area contributed by atoms with Crippen LogP contribution >= 0.6 is 22.6 Å². The predicted molar refractivity (Wildman–Crippen MR) is 91.1 cm³/mol. The number of hydrogen-bond acceptors (Lipinski definition) is 4. The Hall–Kier alpha value is -2.23. The van der Waals surface area contributed by atoms with E-state index in [1.807, 2.05) is 0 Å². The van der Waals surface area contributed by atoms with Crippen molar-refractivity contribution in [2.75, 3.05) is 11.9 Å². The molecule has 0 aliphatic rings. The second-order valence-electron chi connectivity index (χ2n) is 4.39. The van der Waals surface area contributed by atoms with Crippen molar-refractivity contribution in [3.05, 3.63) is 68.3 Å². The molecule has 1 N–H and O–H groups in total. The van der Waals surface area contributed by atoms with E-state index in [1.54, 1.807) is 24.3 Å². The highest BCUT2D eigenvalue weighted by atomic mass is 127. The summed E-state index contributed by atoms with van der Waals surface area (Å²) < 4.78 is 33.5. The third-order valence-electron chi connectivity index (χ3n) is 2.80. The number of nitrogens with zero attached hydrogens (tertiary/aromatic N) is 1. The number of rotatable bonds is 6. The first kappa shape index (κ1) is 17.1. The second kappa shape index (κ2) is 7.36. The molecule has 0 aliphatic heterocycles. The smallest absolute Gasteiger partial charge is 0.337 e. The number of halogens is 3. The normalized spacial score (nSPS) is 10.2. The lowest BCUT2D eigenvalue weighted by atomic mass is 10.2. The molecule has 2 rings (SSSR count). The Morgan fingerprint density at radius 3 is 2.57 bits per heavy atom. The topological polar surface area (TPSA) is 64.4 Å². The third-order valence-corrected chi connectivity index (χ3v) is 3.52. The van der Waals surface area contributed by atoms with E-state index < -0.39 is 28.0 Å². The van der Waals surface area contributed by atoms with Crippen LogP contribution in [0.15, 0.2) is 43.0 Å². The quantitative estimate of drug-likeness (QED) is 0.309. The first-order chi connectivity index (χ1) is 10.9. The van der Waals surface area contributed by atoms with Gasteiger partial charge < -0.3 is 10.1 Å². The summed E-state index contributed by atoms with van der Waals surface area (Å²) in [6.45, 7) is 3.18. The van der Waals surface area contributed by atoms with Gasteiger partial charge in [0.1, 0.15) is 12.3 Å². The summed E-state index contributed by atoms with van der Waals surface area (Å²) in [4.78, 5) is 10.5. The maximum absolute atomic E-state index is 13.9. The van der Waals surface area contributed by atoms with Crippen LogP contribution in [-0.4, -0.2) is 11.5 Å². The van der Waals surface area contributed by atoms with E-state index in [0.717, 1.165) is 9.64 Å². The fourth-order valence-corrected chi connectivity index (χ4v) is 2.19. The fourth-order valence-electron chi connectivity index (χ4n) is 1.83. The zero-order chi connectivity index (χ0) is 17.0. The average Bonchev–Trinajstić information content (AvgIpc) is 2.51. The van der Waals surface area contributed by atoms with Crippen molar-refractivity contribution in [2.24, 2.45) is 0 Å². The monoisotopic (exact) mass is 432 g/mol. The highest BCUT2D eigenvalue weighted by Gasteiger charge is 2.29. The number of nitrogens with one attached hydrogen (secondary N) is 1. The van der Waals surface area contributed by atoms with Crippen LogP contribution in [0.5, 0.6) is 5.75 Å². The SMILES string of the molecule is C=CCOc1c(F)c(F)cc(Nc2ccc(I)cc2)c1[N+](=O)[O-]. The Balaban J connectivity index is 2.52. The van der Waals surface area contributed by atoms with Crippen LogP contribution < -0.4 is 10.1 Å². The van der Waals surface area contributed by atoms with Gasteiger partial charge in [-0.25, -0.2) is 4.39 Å². The lowest BCUT2D eigenvalue weighted by Gasteiger charge is -2.12. The lowest BCUT2D eigenvalue weighted by Crippen LogP contribution is -2.06. The molecule has 2 aromatic rings. The minimum absolute atomic E-state index is 0.190. The molecule has 0 saturated carbocycles. The van der Waals surface area contributed by atoms with Gasteiger partial charge in [0.25, 0.3) is 0 Å². The fraction of sp³-hybridized carbons (Fsp3) is 0.0667. The van der Waals surface area contributed by atoms with Gasteiger partial charge >= 0.3 is 5.69 Å². The summed E-state index contributed by atoms with van der Waals surface area (Å²) in [6.07, 6.45) is 1.28. The van der Waals surface area contributed by atoms with Crippen LogP contribution in [0.25, 0.3) is 0 Å². The molecule has 0 atom stereocenters. The molecule has 8 heteroatoms. The van der Waals surface area contributed by atoms with E-state index in [2.05, 4.69) is 34.5 Å². The minimum atomic E-state index is -1.41. The van der Waals surface area contributed by atoms with Gasteiger partial charge in [0.05, 0.1) is 4.92 Å². The van der Waals surface area contributed by atoms with Gasteiger partial charge in [-0.1, -0.05) is 12.7 Å². The molecule has 120 valence electrons. The molecule has 23 heavy (non-hydrogen) atoms. The number of hydrogen-bond donors (Lipinski definition) is 1. The van der Waals surface area contributed by atoms with Gasteiger partial charge in [-0.15, -0.1) is 0 Å². The summed E-state index contributed by atoms with van der Waals surface area (Å²) in [7, 11) is 0. The first-order valence-electron chi connectivity index (χ1n) is 6.36. The molecule has 0 aromatic heterocycles. The van der Waals surface area contributed by atoms with E-state index in [0.29, 0.717) is 5.69 Å². The van der Waals surface area contributed by atoms with Crippen molar-refractivity contribution >= 4 is 39.7 Å². The number of ether oxygens (including phenoxy) is 1. The lowest BCUT2D eigenvalue weighted by molar-refractivity contribution is -0.385. The summed E-state index contributed by atoms with van der Waals surface area (Å²) in [5.41, 5.74) is -0.382. The third kappa shape index (κ3) is 3.95. The second-order valence-corrected chi connectivity index (χ2v) is 5.63. The van der Waals surface area contributed by atoms with Crippen molar-refractivity contribution in [1.29, 1.82) is 0 Å². The largest absolute Gasteiger partial charge is 0.480 e. The van der Waals surface area contributed by atoms with Gasteiger partial charge in [-0.3, -0.25) is 10.1 Å². The van der Waals surface area contributed by atoms with E-state index in [-0.39, 0.29) is 12.3 Å². The summed E-state index contributed by atoms with van der Waals surface area (Å²) in [5, 5.41) is 14.0. The highest BCUT2D eigenvalue weighted by Crippen LogP contribution is 2.40. The van der Waals surface area contributed by atoms with Crippen molar-refractivity contribution in [3.63, 3.8) is 0 Å². The van der Waals surface area contributed by atoms with E-state index in [1.165, 1.54) is 6.08 Å². The molecule has 0 fully saturated rings. The van der Waals surface area contributed by atoms with Crippen LogP contribution in [0.3, 0.4) is 0 Å². The van der Waals surface area contributed by atoms with Crippen molar-refractivity contribution in [3.8, 4) is 5.75 Å².